The van der Waals surface area contributed by atoms with Gasteiger partial charge in [-0.25, -0.2) is 4.79 Å². The third kappa shape index (κ3) is 5.46. The van der Waals surface area contributed by atoms with Crippen LogP contribution >= 0.6 is 0 Å². The minimum absolute atomic E-state index is 0.338. The molecule has 1 saturated heterocycles. The van der Waals surface area contributed by atoms with Gasteiger partial charge in [0.25, 0.3) is 0 Å². The van der Waals surface area contributed by atoms with Gasteiger partial charge in [-0.3, -0.25) is 0 Å². The maximum absolute atomic E-state index is 13.4. The number of piperidine rings is 1. The second-order valence-electron chi connectivity index (χ2n) is 7.59. The third-order valence-electron chi connectivity index (χ3n) is 5.56. The number of nitrogens with zero attached hydrogens (tertiary/aromatic N) is 1. The lowest BCUT2D eigenvalue weighted by atomic mass is 9.86. The molecule has 156 valence electrons. The average molecular weight is 396 g/mol. The van der Waals surface area contributed by atoms with Crippen molar-refractivity contribution in [3.63, 3.8) is 0 Å². The molecule has 1 aliphatic heterocycles. The Balaban J connectivity index is 1.67. The Labute approximate surface area is 174 Å². The summed E-state index contributed by atoms with van der Waals surface area (Å²) >= 11 is 0. The number of likely N-dealkylation sites (tertiary alicyclic amines) is 1. The first kappa shape index (κ1) is 21.5. The van der Waals surface area contributed by atoms with E-state index in [1.165, 1.54) is 32.4 Å². The molecule has 0 atom stereocenters. The van der Waals surface area contributed by atoms with Crippen LogP contribution in [0.3, 0.4) is 0 Å². The Bertz CT molecular complexity index is 687. The first-order valence-corrected chi connectivity index (χ1v) is 10.9. The van der Waals surface area contributed by atoms with Gasteiger partial charge in [0.15, 0.2) is 0 Å². The van der Waals surface area contributed by atoms with E-state index in [1.807, 2.05) is 67.6 Å². The summed E-state index contributed by atoms with van der Waals surface area (Å²) in [6.07, 6.45) is 5.88. The largest absolute Gasteiger partial charge is 0.463 e. The lowest BCUT2D eigenvalue weighted by Crippen LogP contribution is -2.41. The van der Waals surface area contributed by atoms with Gasteiger partial charge in [0.2, 0.25) is 5.60 Å². The smallest absolute Gasteiger partial charge is 0.347 e. The summed E-state index contributed by atoms with van der Waals surface area (Å²) in [7, 11) is 0. The van der Waals surface area contributed by atoms with Gasteiger partial charge in [0, 0.05) is 6.61 Å². The fourth-order valence-corrected chi connectivity index (χ4v) is 4.08. The molecule has 0 unspecified atom stereocenters. The molecule has 0 aromatic heterocycles. The molecule has 0 radical (unpaired) electrons. The molecule has 0 spiro atoms. The van der Waals surface area contributed by atoms with Crippen molar-refractivity contribution in [1.29, 1.82) is 0 Å². The predicted molar refractivity (Wildman–Crippen MR) is 116 cm³/mol. The second-order valence-corrected chi connectivity index (χ2v) is 7.59. The van der Waals surface area contributed by atoms with Crippen LogP contribution in [0.15, 0.2) is 60.7 Å². The molecule has 1 heterocycles. The summed E-state index contributed by atoms with van der Waals surface area (Å²) in [6, 6.07) is 19.3. The molecule has 2 aromatic rings. The monoisotopic (exact) mass is 395 g/mol. The van der Waals surface area contributed by atoms with Crippen molar-refractivity contribution in [2.45, 2.75) is 44.6 Å². The highest BCUT2D eigenvalue weighted by atomic mass is 16.6. The van der Waals surface area contributed by atoms with Crippen LogP contribution in [0.2, 0.25) is 0 Å². The summed E-state index contributed by atoms with van der Waals surface area (Å²) in [5.41, 5.74) is 0.363. The van der Waals surface area contributed by atoms with E-state index >= 15 is 0 Å². The van der Waals surface area contributed by atoms with E-state index in [1.54, 1.807) is 0 Å². The molecule has 4 nitrogen and oxygen atoms in total. The van der Waals surface area contributed by atoms with Crippen molar-refractivity contribution < 1.29 is 14.3 Å². The van der Waals surface area contributed by atoms with Crippen molar-refractivity contribution in [3.8, 4) is 0 Å². The Morgan fingerprint density at radius 2 is 1.48 bits per heavy atom. The van der Waals surface area contributed by atoms with Crippen molar-refractivity contribution in [2.75, 3.05) is 32.8 Å². The van der Waals surface area contributed by atoms with Crippen LogP contribution < -0.4 is 0 Å². The lowest BCUT2D eigenvalue weighted by molar-refractivity contribution is -0.168. The van der Waals surface area contributed by atoms with Gasteiger partial charge in [-0.1, -0.05) is 67.1 Å². The van der Waals surface area contributed by atoms with Crippen molar-refractivity contribution in [3.05, 3.63) is 71.8 Å². The molecule has 1 fully saturated rings. The highest BCUT2D eigenvalue weighted by molar-refractivity contribution is 5.85. The molecule has 0 aliphatic carbocycles. The van der Waals surface area contributed by atoms with E-state index in [2.05, 4.69) is 4.90 Å². The molecule has 0 saturated carbocycles. The second kappa shape index (κ2) is 11.1. The van der Waals surface area contributed by atoms with Gasteiger partial charge >= 0.3 is 5.97 Å². The molecule has 0 N–H and O–H groups in total. The molecular formula is C25H33NO3. The van der Waals surface area contributed by atoms with Crippen molar-refractivity contribution in [1.82, 2.24) is 4.90 Å². The normalized spacial score (nSPS) is 15.2. The third-order valence-corrected chi connectivity index (χ3v) is 5.56. The lowest BCUT2D eigenvalue weighted by Gasteiger charge is -2.32. The summed E-state index contributed by atoms with van der Waals surface area (Å²) in [5, 5.41) is 0. The Hall–Kier alpha value is -2.17. The number of benzene rings is 2. The number of unbranched alkanes of at least 4 members (excludes halogenated alkanes) is 1. The number of carbonyl (C=O) groups excluding carboxylic acids is 1. The van der Waals surface area contributed by atoms with Crippen LogP contribution in [0.5, 0.6) is 0 Å². The van der Waals surface area contributed by atoms with E-state index in [0.717, 1.165) is 30.5 Å². The quantitative estimate of drug-likeness (QED) is 0.429. The fourth-order valence-electron chi connectivity index (χ4n) is 4.08. The van der Waals surface area contributed by atoms with Crippen LogP contribution in [0, 0.1) is 0 Å². The van der Waals surface area contributed by atoms with E-state index in [-0.39, 0.29) is 5.97 Å². The van der Waals surface area contributed by atoms with Crippen molar-refractivity contribution in [2.24, 2.45) is 0 Å². The molecule has 3 rings (SSSR count). The van der Waals surface area contributed by atoms with Crippen molar-refractivity contribution >= 4 is 5.97 Å². The maximum atomic E-state index is 13.4. The number of hydrogen-bond donors (Lipinski definition) is 0. The Kier molecular flexibility index (Phi) is 8.26. The Morgan fingerprint density at radius 1 is 0.897 bits per heavy atom. The van der Waals surface area contributed by atoms with E-state index in [4.69, 9.17) is 9.47 Å². The molecule has 0 amide bonds. The first-order chi connectivity index (χ1) is 14.3. The van der Waals surface area contributed by atoms with Crippen LogP contribution in [-0.4, -0.2) is 43.7 Å². The molecular weight excluding hydrogens is 362 g/mol. The molecule has 29 heavy (non-hydrogen) atoms. The predicted octanol–water partition coefficient (Wildman–Crippen LogP) is 4.78. The van der Waals surface area contributed by atoms with Gasteiger partial charge in [0.05, 0.1) is 6.61 Å². The summed E-state index contributed by atoms with van der Waals surface area (Å²) in [6.45, 7) is 6.23. The minimum atomic E-state index is -1.23. The zero-order chi connectivity index (χ0) is 20.4. The summed E-state index contributed by atoms with van der Waals surface area (Å²) < 4.78 is 11.9. The van der Waals surface area contributed by atoms with Crippen LogP contribution in [0.1, 0.15) is 50.2 Å². The van der Waals surface area contributed by atoms with Gasteiger partial charge < -0.3 is 14.4 Å². The zero-order valence-electron chi connectivity index (χ0n) is 17.5. The fraction of sp³-hybridized carbons (Fsp3) is 0.480. The topological polar surface area (TPSA) is 38.8 Å². The summed E-state index contributed by atoms with van der Waals surface area (Å²) in [4.78, 5) is 15.9. The van der Waals surface area contributed by atoms with E-state index < -0.39 is 5.60 Å². The van der Waals surface area contributed by atoms with Gasteiger partial charge in [-0.15, -0.1) is 0 Å². The van der Waals surface area contributed by atoms with Crippen LogP contribution in [0.25, 0.3) is 0 Å². The molecule has 2 aromatic carbocycles. The van der Waals surface area contributed by atoms with Gasteiger partial charge in [-0.2, -0.15) is 0 Å². The van der Waals surface area contributed by atoms with Crippen LogP contribution in [0.4, 0.5) is 0 Å². The maximum Gasteiger partial charge on any atom is 0.347 e. The van der Waals surface area contributed by atoms with Crippen LogP contribution in [-0.2, 0) is 19.9 Å². The highest BCUT2D eigenvalue weighted by Crippen LogP contribution is 2.35. The number of hydrogen-bond acceptors (Lipinski definition) is 4. The number of ether oxygens (including phenoxy) is 2. The Morgan fingerprint density at radius 3 is 2.03 bits per heavy atom. The zero-order valence-corrected chi connectivity index (χ0v) is 17.5. The average Bonchev–Trinajstić information content (AvgIpc) is 2.79. The first-order valence-electron chi connectivity index (χ1n) is 10.9. The van der Waals surface area contributed by atoms with E-state index in [0.29, 0.717) is 13.2 Å². The SMILES string of the molecule is CCOC(C(=O)OCCCCN1CCCCC1)(c1ccccc1)c1ccccc1. The standard InChI is InChI=1S/C25H33NO3/c1-2-29-25(22-14-6-3-7-15-22,23-16-8-4-9-17-23)24(27)28-21-13-12-20-26-18-10-5-11-19-26/h3-4,6-9,14-17H,2,5,10-13,18-21H2,1H3. The number of carbonyl (C=O) groups is 1. The summed E-state index contributed by atoms with van der Waals surface area (Å²) in [5.74, 6) is -0.338. The number of esters is 1. The molecule has 0 bridgehead atoms. The van der Waals surface area contributed by atoms with E-state index in [9.17, 15) is 4.79 Å². The van der Waals surface area contributed by atoms with Gasteiger partial charge in [-0.05, 0) is 63.4 Å². The highest BCUT2D eigenvalue weighted by Gasteiger charge is 2.44. The number of rotatable bonds is 10. The molecule has 1 aliphatic rings. The minimum Gasteiger partial charge on any atom is -0.463 e. The molecule has 4 heteroatoms. The van der Waals surface area contributed by atoms with Gasteiger partial charge in [0.1, 0.15) is 0 Å².